The van der Waals surface area contributed by atoms with Crippen LogP contribution in [0.15, 0.2) is 6.20 Å². The molecule has 0 aliphatic heterocycles. The SMILES string of the molecule is CCN(CC)CCC(=O)c1c(Cl)cnn1CCN(C)C. The Labute approximate surface area is 126 Å². The van der Waals surface area contributed by atoms with E-state index in [1.54, 1.807) is 10.9 Å². The van der Waals surface area contributed by atoms with Crippen LogP contribution in [0.3, 0.4) is 0 Å². The fourth-order valence-corrected chi connectivity index (χ4v) is 2.27. The van der Waals surface area contributed by atoms with Crippen LogP contribution in [-0.4, -0.2) is 65.6 Å². The summed E-state index contributed by atoms with van der Waals surface area (Å²) in [7, 11) is 3.99. The van der Waals surface area contributed by atoms with E-state index in [0.29, 0.717) is 23.7 Å². The smallest absolute Gasteiger partial charge is 0.183 e. The third-order valence-electron chi connectivity index (χ3n) is 3.37. The van der Waals surface area contributed by atoms with E-state index in [-0.39, 0.29) is 5.78 Å². The Morgan fingerprint density at radius 1 is 1.30 bits per heavy atom. The molecule has 0 aliphatic carbocycles. The van der Waals surface area contributed by atoms with E-state index < -0.39 is 0 Å². The van der Waals surface area contributed by atoms with Crippen LogP contribution in [0.5, 0.6) is 0 Å². The van der Waals surface area contributed by atoms with E-state index in [1.807, 2.05) is 14.1 Å². The monoisotopic (exact) mass is 300 g/mol. The number of hydrogen-bond acceptors (Lipinski definition) is 4. The van der Waals surface area contributed by atoms with Gasteiger partial charge in [-0.3, -0.25) is 9.48 Å². The first kappa shape index (κ1) is 17.1. The van der Waals surface area contributed by atoms with Crippen LogP contribution in [0, 0.1) is 0 Å². The summed E-state index contributed by atoms with van der Waals surface area (Å²) in [5.41, 5.74) is 0.542. The molecule has 0 radical (unpaired) electrons. The zero-order chi connectivity index (χ0) is 15.1. The van der Waals surface area contributed by atoms with Crippen molar-refractivity contribution in [3.8, 4) is 0 Å². The first-order valence-electron chi connectivity index (χ1n) is 7.11. The molecule has 0 unspecified atom stereocenters. The largest absolute Gasteiger partial charge is 0.308 e. The van der Waals surface area contributed by atoms with Gasteiger partial charge in [0.25, 0.3) is 0 Å². The second-order valence-corrected chi connectivity index (χ2v) is 5.47. The number of carbonyl (C=O) groups excluding carboxylic acids is 1. The van der Waals surface area contributed by atoms with E-state index in [1.165, 1.54) is 0 Å². The minimum atomic E-state index is 0.0677. The summed E-state index contributed by atoms with van der Waals surface area (Å²) in [6.45, 7) is 8.38. The van der Waals surface area contributed by atoms with E-state index in [9.17, 15) is 4.79 Å². The molecule has 0 fully saturated rings. The molecule has 0 N–H and O–H groups in total. The highest BCUT2D eigenvalue weighted by Crippen LogP contribution is 2.17. The van der Waals surface area contributed by atoms with Crippen LogP contribution < -0.4 is 0 Å². The normalized spacial score (nSPS) is 11.6. The topological polar surface area (TPSA) is 41.4 Å². The lowest BCUT2D eigenvalue weighted by atomic mass is 10.2. The van der Waals surface area contributed by atoms with Gasteiger partial charge in [-0.05, 0) is 27.2 Å². The van der Waals surface area contributed by atoms with Crippen molar-refractivity contribution < 1.29 is 4.79 Å². The molecule has 0 saturated carbocycles. The maximum Gasteiger partial charge on any atom is 0.183 e. The van der Waals surface area contributed by atoms with Gasteiger partial charge in [-0.25, -0.2) is 0 Å². The van der Waals surface area contributed by atoms with Gasteiger partial charge in [-0.2, -0.15) is 5.10 Å². The van der Waals surface area contributed by atoms with Crippen molar-refractivity contribution in [2.24, 2.45) is 0 Å². The molecule has 0 spiro atoms. The summed E-state index contributed by atoms with van der Waals surface area (Å²) in [5, 5.41) is 4.65. The highest BCUT2D eigenvalue weighted by molar-refractivity contribution is 6.33. The van der Waals surface area contributed by atoms with Gasteiger partial charge >= 0.3 is 0 Å². The molecule has 1 rings (SSSR count). The summed E-state index contributed by atoms with van der Waals surface area (Å²) in [6.07, 6.45) is 2.04. The lowest BCUT2D eigenvalue weighted by molar-refractivity contribution is 0.0955. The minimum absolute atomic E-state index is 0.0677. The summed E-state index contributed by atoms with van der Waals surface area (Å²) >= 11 is 6.11. The maximum atomic E-state index is 12.3. The van der Waals surface area contributed by atoms with Gasteiger partial charge in [0.2, 0.25) is 0 Å². The second kappa shape index (κ2) is 8.39. The predicted octanol–water partition coefficient (Wildman–Crippen LogP) is 2.01. The number of ketones is 1. The van der Waals surface area contributed by atoms with Crippen molar-refractivity contribution in [3.63, 3.8) is 0 Å². The average Bonchev–Trinajstić information content (AvgIpc) is 2.78. The van der Waals surface area contributed by atoms with Gasteiger partial charge in [-0.15, -0.1) is 0 Å². The van der Waals surface area contributed by atoms with Crippen LogP contribution in [0.25, 0.3) is 0 Å². The van der Waals surface area contributed by atoms with E-state index >= 15 is 0 Å². The average molecular weight is 301 g/mol. The molecule has 0 amide bonds. The summed E-state index contributed by atoms with van der Waals surface area (Å²) < 4.78 is 1.72. The van der Waals surface area contributed by atoms with Gasteiger partial charge in [0.15, 0.2) is 5.78 Å². The van der Waals surface area contributed by atoms with E-state index in [2.05, 4.69) is 28.7 Å². The molecule has 0 saturated heterocycles. The molecule has 5 nitrogen and oxygen atoms in total. The summed E-state index contributed by atoms with van der Waals surface area (Å²) in [6, 6.07) is 0. The van der Waals surface area contributed by atoms with Gasteiger partial charge in [0.1, 0.15) is 5.69 Å². The molecule has 0 aliphatic rings. The zero-order valence-electron chi connectivity index (χ0n) is 12.9. The van der Waals surface area contributed by atoms with E-state index in [4.69, 9.17) is 11.6 Å². The maximum absolute atomic E-state index is 12.3. The molecule has 1 aromatic heterocycles. The van der Waals surface area contributed by atoms with Crippen LogP contribution in [-0.2, 0) is 6.54 Å². The summed E-state index contributed by atoms with van der Waals surface area (Å²) in [5.74, 6) is 0.0677. The molecule has 0 atom stereocenters. The highest BCUT2D eigenvalue weighted by atomic mass is 35.5. The fraction of sp³-hybridized carbons (Fsp3) is 0.714. The lowest BCUT2D eigenvalue weighted by Gasteiger charge is -2.17. The van der Waals surface area contributed by atoms with Crippen molar-refractivity contribution in [3.05, 3.63) is 16.9 Å². The molecule has 114 valence electrons. The van der Waals surface area contributed by atoms with Crippen molar-refractivity contribution in [1.82, 2.24) is 19.6 Å². The Bertz CT molecular complexity index is 427. The Balaban J connectivity index is 2.69. The van der Waals surface area contributed by atoms with Crippen molar-refractivity contribution in [1.29, 1.82) is 0 Å². The van der Waals surface area contributed by atoms with Crippen molar-refractivity contribution in [2.45, 2.75) is 26.8 Å². The summed E-state index contributed by atoms with van der Waals surface area (Å²) in [4.78, 5) is 16.6. The standard InChI is InChI=1S/C14H25ClN4O/c1-5-18(6-2)8-7-13(20)14-12(15)11-16-19(14)10-9-17(3)4/h11H,5-10H2,1-4H3. The first-order chi connectivity index (χ1) is 9.49. The quantitative estimate of drug-likeness (QED) is 0.654. The Hall–Kier alpha value is -0.910. The Morgan fingerprint density at radius 2 is 1.95 bits per heavy atom. The number of carbonyl (C=O) groups is 1. The van der Waals surface area contributed by atoms with Gasteiger partial charge in [-0.1, -0.05) is 25.4 Å². The van der Waals surface area contributed by atoms with Crippen LogP contribution in [0.2, 0.25) is 5.02 Å². The van der Waals surface area contributed by atoms with Crippen molar-refractivity contribution >= 4 is 17.4 Å². The third kappa shape index (κ3) is 4.89. The number of halogens is 1. The number of nitrogens with zero attached hydrogens (tertiary/aromatic N) is 4. The Kier molecular flexibility index (Phi) is 7.19. The molecule has 0 bridgehead atoms. The number of hydrogen-bond donors (Lipinski definition) is 0. The lowest BCUT2D eigenvalue weighted by Crippen LogP contribution is -2.27. The fourth-order valence-electron chi connectivity index (χ4n) is 2.02. The molecule has 0 aromatic carbocycles. The minimum Gasteiger partial charge on any atom is -0.308 e. The van der Waals surface area contributed by atoms with Crippen LogP contribution in [0.4, 0.5) is 0 Å². The molecule has 1 heterocycles. The molecular formula is C14H25ClN4O. The molecule has 6 heteroatoms. The third-order valence-corrected chi connectivity index (χ3v) is 3.64. The van der Waals surface area contributed by atoms with E-state index in [0.717, 1.165) is 26.2 Å². The molecule has 1 aromatic rings. The molecular weight excluding hydrogens is 276 g/mol. The number of rotatable bonds is 9. The Morgan fingerprint density at radius 3 is 2.50 bits per heavy atom. The number of aromatic nitrogens is 2. The van der Waals surface area contributed by atoms with Gasteiger partial charge in [0.05, 0.1) is 17.8 Å². The second-order valence-electron chi connectivity index (χ2n) is 5.07. The van der Waals surface area contributed by atoms with Crippen LogP contribution >= 0.6 is 11.6 Å². The molecule has 20 heavy (non-hydrogen) atoms. The first-order valence-corrected chi connectivity index (χ1v) is 7.48. The highest BCUT2D eigenvalue weighted by Gasteiger charge is 2.18. The van der Waals surface area contributed by atoms with Crippen LogP contribution in [0.1, 0.15) is 30.8 Å². The number of likely N-dealkylation sites (N-methyl/N-ethyl adjacent to an activating group) is 1. The zero-order valence-corrected chi connectivity index (χ0v) is 13.7. The number of Topliss-reactive ketones (excluding diaryl/α,β-unsaturated/α-hetero) is 1. The van der Waals surface area contributed by atoms with Gasteiger partial charge < -0.3 is 9.80 Å². The van der Waals surface area contributed by atoms with Crippen molar-refractivity contribution in [2.75, 3.05) is 40.3 Å². The van der Waals surface area contributed by atoms with Gasteiger partial charge in [0, 0.05) is 19.5 Å². The predicted molar refractivity (Wildman–Crippen MR) is 82.5 cm³/mol.